The topological polar surface area (TPSA) is 66.9 Å². The van der Waals surface area contributed by atoms with Gasteiger partial charge in [0.25, 0.3) is 0 Å². The van der Waals surface area contributed by atoms with Crippen molar-refractivity contribution in [3.63, 3.8) is 0 Å². The predicted octanol–water partition coefficient (Wildman–Crippen LogP) is 2.71. The number of halogens is 1. The molecule has 0 spiro atoms. The van der Waals surface area contributed by atoms with E-state index in [9.17, 15) is 14.5 Å². The Bertz CT molecular complexity index is 916. The summed E-state index contributed by atoms with van der Waals surface area (Å²) >= 11 is 0. The van der Waals surface area contributed by atoms with Gasteiger partial charge >= 0.3 is 5.82 Å². The summed E-state index contributed by atoms with van der Waals surface area (Å²) in [5, 5.41) is 11.5. The van der Waals surface area contributed by atoms with Crippen LogP contribution in [-0.4, -0.2) is 40.5 Å². The minimum Gasteiger partial charge on any atom is -0.368 e. The van der Waals surface area contributed by atoms with E-state index in [-0.39, 0.29) is 16.6 Å². The highest BCUT2D eigenvalue weighted by molar-refractivity contribution is 5.64. The Labute approximate surface area is 143 Å². The zero-order valence-electron chi connectivity index (χ0n) is 13.4. The Kier molecular flexibility index (Phi) is 3.72. The van der Waals surface area contributed by atoms with Crippen LogP contribution in [0.5, 0.6) is 0 Å². The van der Waals surface area contributed by atoms with Crippen LogP contribution in [0.25, 0.3) is 5.65 Å². The molecule has 0 amide bonds. The summed E-state index contributed by atoms with van der Waals surface area (Å²) in [6, 6.07) is 11.7. The Morgan fingerprint density at radius 3 is 2.36 bits per heavy atom. The minimum atomic E-state index is -0.387. The Morgan fingerprint density at radius 1 is 1.00 bits per heavy atom. The molecule has 128 valence electrons. The van der Waals surface area contributed by atoms with E-state index in [2.05, 4.69) is 9.88 Å². The monoisotopic (exact) mass is 341 g/mol. The highest BCUT2D eigenvalue weighted by Crippen LogP contribution is 2.30. The molecular formula is C17H16FN5O2. The number of pyridine rings is 1. The Hall–Kier alpha value is -3.16. The molecular weight excluding hydrogens is 325 g/mol. The van der Waals surface area contributed by atoms with Crippen molar-refractivity contribution in [2.45, 2.75) is 0 Å². The van der Waals surface area contributed by atoms with Crippen LogP contribution in [0.15, 0.2) is 48.7 Å². The van der Waals surface area contributed by atoms with Gasteiger partial charge in [0.05, 0.1) is 6.20 Å². The van der Waals surface area contributed by atoms with Gasteiger partial charge in [-0.2, -0.15) is 9.38 Å². The smallest absolute Gasteiger partial charge is 0.368 e. The molecule has 25 heavy (non-hydrogen) atoms. The molecule has 1 saturated heterocycles. The maximum atomic E-state index is 13.1. The Balaban J connectivity index is 1.58. The molecule has 0 N–H and O–H groups in total. The number of benzene rings is 1. The van der Waals surface area contributed by atoms with Crippen LogP contribution in [0.1, 0.15) is 0 Å². The lowest BCUT2D eigenvalue weighted by Crippen LogP contribution is -2.46. The molecule has 2 aromatic heterocycles. The number of imidazole rings is 1. The van der Waals surface area contributed by atoms with Crippen molar-refractivity contribution in [3.05, 3.63) is 64.6 Å². The van der Waals surface area contributed by atoms with Crippen LogP contribution in [0.4, 0.5) is 21.7 Å². The highest BCUT2D eigenvalue weighted by atomic mass is 19.1. The number of hydrogen-bond donors (Lipinski definition) is 0. The zero-order chi connectivity index (χ0) is 17.4. The molecule has 1 fully saturated rings. The van der Waals surface area contributed by atoms with Gasteiger partial charge in [0.2, 0.25) is 11.5 Å². The van der Waals surface area contributed by atoms with Crippen molar-refractivity contribution in [2.24, 2.45) is 0 Å². The summed E-state index contributed by atoms with van der Waals surface area (Å²) in [5.41, 5.74) is 1.51. The molecule has 8 heteroatoms. The lowest BCUT2D eigenvalue weighted by atomic mass is 10.2. The molecule has 1 aliphatic rings. The summed E-state index contributed by atoms with van der Waals surface area (Å²) in [6.07, 6.45) is 1.65. The molecule has 1 aliphatic heterocycles. The maximum absolute atomic E-state index is 13.1. The first-order valence-electron chi connectivity index (χ1n) is 8.00. The fourth-order valence-corrected chi connectivity index (χ4v) is 3.18. The van der Waals surface area contributed by atoms with Gasteiger partial charge in [0, 0.05) is 37.9 Å². The molecule has 0 saturated carbocycles. The number of rotatable bonds is 3. The normalized spacial score (nSPS) is 14.9. The first-order valence-corrected chi connectivity index (χ1v) is 8.00. The van der Waals surface area contributed by atoms with Gasteiger partial charge in [-0.05, 0) is 35.3 Å². The van der Waals surface area contributed by atoms with Crippen molar-refractivity contribution in [1.82, 2.24) is 9.38 Å². The van der Waals surface area contributed by atoms with Crippen LogP contribution in [-0.2, 0) is 0 Å². The first kappa shape index (κ1) is 15.4. The predicted molar refractivity (Wildman–Crippen MR) is 92.7 cm³/mol. The largest absolute Gasteiger partial charge is 0.372 e. The lowest BCUT2D eigenvalue weighted by molar-refractivity contribution is -0.389. The molecule has 0 unspecified atom stereocenters. The molecule has 7 nitrogen and oxygen atoms in total. The number of piperazine rings is 1. The van der Waals surface area contributed by atoms with E-state index < -0.39 is 0 Å². The summed E-state index contributed by atoms with van der Waals surface area (Å²) in [5.74, 6) is 0.128. The first-order chi connectivity index (χ1) is 12.1. The van der Waals surface area contributed by atoms with Crippen molar-refractivity contribution in [1.29, 1.82) is 0 Å². The number of nitro groups is 1. The number of fused-ring (bicyclic) bond motifs is 1. The van der Waals surface area contributed by atoms with Gasteiger partial charge in [0.15, 0.2) is 0 Å². The van der Waals surface area contributed by atoms with Crippen LogP contribution in [0, 0.1) is 15.9 Å². The minimum absolute atomic E-state index is 0.00849. The summed E-state index contributed by atoms with van der Waals surface area (Å²) < 4.78 is 14.6. The summed E-state index contributed by atoms with van der Waals surface area (Å²) in [4.78, 5) is 19.7. The molecule has 4 rings (SSSR count). The second-order valence-corrected chi connectivity index (χ2v) is 5.90. The average molecular weight is 341 g/mol. The van der Waals surface area contributed by atoms with Crippen molar-refractivity contribution >= 4 is 23.0 Å². The van der Waals surface area contributed by atoms with Crippen LogP contribution in [0.3, 0.4) is 0 Å². The van der Waals surface area contributed by atoms with E-state index in [0.717, 1.165) is 5.69 Å². The van der Waals surface area contributed by atoms with E-state index in [1.807, 2.05) is 11.0 Å². The molecule has 1 aromatic carbocycles. The van der Waals surface area contributed by atoms with E-state index in [4.69, 9.17) is 0 Å². The van der Waals surface area contributed by atoms with Crippen LogP contribution >= 0.6 is 0 Å². The standard InChI is InChI=1S/C17H16FN5O2/c18-13-4-6-14(7-5-13)20-9-11-21(12-10-20)16-17(23(24)25)22-8-2-1-3-15(22)19-16/h1-8H,9-12H2. The van der Waals surface area contributed by atoms with Crippen molar-refractivity contribution in [3.8, 4) is 0 Å². The van der Waals surface area contributed by atoms with Crippen LogP contribution in [0.2, 0.25) is 0 Å². The molecule has 0 atom stereocenters. The van der Waals surface area contributed by atoms with Crippen molar-refractivity contribution < 1.29 is 9.31 Å². The Morgan fingerprint density at radius 2 is 1.68 bits per heavy atom. The fourth-order valence-electron chi connectivity index (χ4n) is 3.18. The zero-order valence-corrected chi connectivity index (χ0v) is 13.4. The fraction of sp³-hybridized carbons (Fsp3) is 0.235. The molecule has 3 heterocycles. The second-order valence-electron chi connectivity index (χ2n) is 5.90. The SMILES string of the molecule is O=[N+]([O-])c1c(N2CCN(c3ccc(F)cc3)CC2)nc2ccccn12. The number of anilines is 2. The number of nitrogens with zero attached hydrogens (tertiary/aromatic N) is 5. The number of hydrogen-bond acceptors (Lipinski definition) is 5. The van der Waals surface area contributed by atoms with E-state index in [1.165, 1.54) is 16.5 Å². The second kappa shape index (κ2) is 6.04. The van der Waals surface area contributed by atoms with Crippen LogP contribution < -0.4 is 9.80 Å². The van der Waals surface area contributed by atoms with Gasteiger partial charge in [-0.25, -0.2) is 4.39 Å². The van der Waals surface area contributed by atoms with Crippen molar-refractivity contribution in [2.75, 3.05) is 36.0 Å². The average Bonchev–Trinajstić information content (AvgIpc) is 3.02. The third-order valence-electron chi connectivity index (χ3n) is 4.43. The molecule has 0 radical (unpaired) electrons. The van der Waals surface area contributed by atoms with Gasteiger partial charge < -0.3 is 19.9 Å². The van der Waals surface area contributed by atoms with Gasteiger partial charge in [-0.15, -0.1) is 0 Å². The summed E-state index contributed by atoms with van der Waals surface area (Å²) in [6.45, 7) is 2.61. The molecule has 0 bridgehead atoms. The van der Waals surface area contributed by atoms with E-state index in [0.29, 0.717) is 37.6 Å². The molecule has 3 aromatic rings. The lowest BCUT2D eigenvalue weighted by Gasteiger charge is -2.35. The maximum Gasteiger partial charge on any atom is 0.372 e. The van der Waals surface area contributed by atoms with Gasteiger partial charge in [-0.3, -0.25) is 0 Å². The van der Waals surface area contributed by atoms with Gasteiger partial charge in [0.1, 0.15) is 5.82 Å². The van der Waals surface area contributed by atoms with E-state index in [1.54, 1.807) is 30.5 Å². The van der Waals surface area contributed by atoms with Gasteiger partial charge in [-0.1, -0.05) is 6.07 Å². The third-order valence-corrected chi connectivity index (χ3v) is 4.43. The highest BCUT2D eigenvalue weighted by Gasteiger charge is 2.29. The van der Waals surface area contributed by atoms with E-state index >= 15 is 0 Å². The quantitative estimate of drug-likeness (QED) is 0.541. The molecule has 0 aliphatic carbocycles. The summed E-state index contributed by atoms with van der Waals surface area (Å²) in [7, 11) is 0. The number of aromatic nitrogens is 2. The third kappa shape index (κ3) is 2.75.